The summed E-state index contributed by atoms with van der Waals surface area (Å²) in [6, 6.07) is 5.18. The Morgan fingerprint density at radius 3 is 2.74 bits per heavy atom. The normalized spacial score (nSPS) is 36.2. The number of carbonyl (C=O) groups is 1. The van der Waals surface area contributed by atoms with Crippen LogP contribution in [-0.4, -0.2) is 23.5 Å². The lowest BCUT2D eigenvalue weighted by Gasteiger charge is -2.43. The lowest BCUT2D eigenvalue weighted by Crippen LogP contribution is -2.54. The van der Waals surface area contributed by atoms with Crippen LogP contribution in [0.15, 0.2) is 18.2 Å². The van der Waals surface area contributed by atoms with Gasteiger partial charge < -0.3 is 10.1 Å². The van der Waals surface area contributed by atoms with E-state index in [0.717, 1.165) is 12.8 Å². The lowest BCUT2D eigenvalue weighted by atomic mass is 9.80. The van der Waals surface area contributed by atoms with E-state index in [4.69, 9.17) is 4.74 Å². The summed E-state index contributed by atoms with van der Waals surface area (Å²) in [5.41, 5.74) is 0.0374. The first kappa shape index (κ1) is 11.4. The summed E-state index contributed by atoms with van der Waals surface area (Å²) >= 11 is 0. The second kappa shape index (κ2) is 3.79. The molecule has 1 spiro atoms. The Balaban J connectivity index is 1.71. The predicted molar refractivity (Wildman–Crippen MR) is 67.9 cm³/mol. The fraction of sp³-hybridized carbons (Fsp3) is 0.533. The zero-order valence-corrected chi connectivity index (χ0v) is 10.6. The number of ketones is 1. The van der Waals surface area contributed by atoms with Crippen LogP contribution in [-0.2, 0) is 0 Å². The third-order valence-electron chi connectivity index (χ3n) is 4.62. The number of piperidine rings is 1. The average Bonchev–Trinajstić information content (AvgIpc) is 2.71. The molecule has 100 valence electrons. The second-order valence-corrected chi connectivity index (χ2v) is 6.07. The molecule has 2 atom stereocenters. The summed E-state index contributed by atoms with van der Waals surface area (Å²) in [7, 11) is 0. The number of Topliss-reactive ketones (excluding diaryl/α,β-unsaturated/α-hetero) is 1. The first-order chi connectivity index (χ1) is 9.13. The quantitative estimate of drug-likeness (QED) is 0.779. The minimum Gasteiger partial charge on any atom is -0.486 e. The third-order valence-corrected chi connectivity index (χ3v) is 4.62. The molecule has 0 aliphatic carbocycles. The van der Waals surface area contributed by atoms with E-state index in [1.165, 1.54) is 25.0 Å². The number of fused-ring (bicyclic) bond motifs is 3. The Morgan fingerprint density at radius 1 is 1.26 bits per heavy atom. The number of carbonyl (C=O) groups excluding carboxylic acids is 1. The number of ether oxygens (including phenoxy) is 1. The summed E-state index contributed by atoms with van der Waals surface area (Å²) in [6.07, 6.45) is 4.48. The minimum absolute atomic E-state index is 0.0158. The molecule has 4 rings (SSSR count). The van der Waals surface area contributed by atoms with Gasteiger partial charge in [-0.05, 0) is 31.0 Å². The molecule has 19 heavy (non-hydrogen) atoms. The van der Waals surface area contributed by atoms with Crippen molar-refractivity contribution in [2.24, 2.45) is 0 Å². The molecule has 3 aliphatic rings. The third kappa shape index (κ3) is 1.77. The van der Waals surface area contributed by atoms with E-state index in [2.05, 4.69) is 5.32 Å². The second-order valence-electron chi connectivity index (χ2n) is 6.07. The standard InChI is InChI=1S/C15H16FNO2/c16-9-1-4-14-12(5-9)13(18)8-15(19-14)6-10-2-3-11(7-15)17-10/h1,4-5,10-11,17H,2-3,6-8H2. The van der Waals surface area contributed by atoms with E-state index in [1.807, 2.05) is 0 Å². The number of hydrogen-bond acceptors (Lipinski definition) is 3. The molecule has 2 saturated heterocycles. The van der Waals surface area contributed by atoms with Crippen LogP contribution in [0.5, 0.6) is 5.75 Å². The summed E-state index contributed by atoms with van der Waals surface area (Å²) in [5.74, 6) is 0.193. The molecule has 3 heterocycles. The molecule has 0 aromatic heterocycles. The molecule has 0 amide bonds. The van der Waals surface area contributed by atoms with Crippen molar-refractivity contribution in [3.05, 3.63) is 29.6 Å². The largest absolute Gasteiger partial charge is 0.486 e. The van der Waals surface area contributed by atoms with Crippen LogP contribution in [0.2, 0.25) is 0 Å². The van der Waals surface area contributed by atoms with Crippen LogP contribution in [0.4, 0.5) is 4.39 Å². The maximum absolute atomic E-state index is 13.2. The average molecular weight is 261 g/mol. The van der Waals surface area contributed by atoms with Crippen LogP contribution in [0.25, 0.3) is 0 Å². The molecule has 2 fully saturated rings. The first-order valence-corrected chi connectivity index (χ1v) is 6.91. The van der Waals surface area contributed by atoms with Gasteiger partial charge in [-0.2, -0.15) is 0 Å². The van der Waals surface area contributed by atoms with Gasteiger partial charge in [-0.25, -0.2) is 4.39 Å². The first-order valence-electron chi connectivity index (χ1n) is 6.91. The summed E-state index contributed by atoms with van der Waals surface area (Å²) in [6.45, 7) is 0. The van der Waals surface area contributed by atoms with E-state index in [-0.39, 0.29) is 17.2 Å². The van der Waals surface area contributed by atoms with Gasteiger partial charge in [0.25, 0.3) is 0 Å². The fourth-order valence-corrected chi connectivity index (χ4v) is 3.90. The fourth-order valence-electron chi connectivity index (χ4n) is 3.90. The van der Waals surface area contributed by atoms with Gasteiger partial charge in [0.05, 0.1) is 12.0 Å². The van der Waals surface area contributed by atoms with Crippen molar-refractivity contribution in [2.75, 3.05) is 0 Å². The molecule has 0 saturated carbocycles. The molecule has 3 nitrogen and oxygen atoms in total. The Labute approximate surface area is 111 Å². The molecule has 3 aliphatic heterocycles. The maximum Gasteiger partial charge on any atom is 0.170 e. The van der Waals surface area contributed by atoms with Crippen LogP contribution < -0.4 is 10.1 Å². The molecule has 4 heteroatoms. The topological polar surface area (TPSA) is 38.3 Å². The van der Waals surface area contributed by atoms with Crippen molar-refractivity contribution in [2.45, 2.75) is 49.8 Å². The van der Waals surface area contributed by atoms with E-state index < -0.39 is 0 Å². The Hall–Kier alpha value is -1.42. The monoisotopic (exact) mass is 261 g/mol. The van der Waals surface area contributed by atoms with Gasteiger partial charge in [0.1, 0.15) is 17.2 Å². The van der Waals surface area contributed by atoms with E-state index in [9.17, 15) is 9.18 Å². The number of rotatable bonds is 0. The summed E-state index contributed by atoms with van der Waals surface area (Å²) in [5, 5.41) is 3.56. The highest BCUT2D eigenvalue weighted by Gasteiger charge is 2.49. The van der Waals surface area contributed by atoms with Crippen molar-refractivity contribution in [1.82, 2.24) is 5.32 Å². The molecule has 1 aromatic carbocycles. The van der Waals surface area contributed by atoms with Crippen molar-refractivity contribution >= 4 is 5.78 Å². The smallest absolute Gasteiger partial charge is 0.170 e. The highest BCUT2D eigenvalue weighted by molar-refractivity contribution is 6.00. The zero-order chi connectivity index (χ0) is 13.0. The van der Waals surface area contributed by atoms with E-state index >= 15 is 0 Å². The number of halogens is 1. The van der Waals surface area contributed by atoms with Gasteiger partial charge in [-0.1, -0.05) is 0 Å². The van der Waals surface area contributed by atoms with Crippen molar-refractivity contribution in [3.8, 4) is 5.75 Å². The van der Waals surface area contributed by atoms with Crippen LogP contribution >= 0.6 is 0 Å². The number of hydrogen-bond donors (Lipinski definition) is 1. The van der Waals surface area contributed by atoms with Gasteiger partial charge in [0.15, 0.2) is 5.78 Å². The molecule has 2 bridgehead atoms. The van der Waals surface area contributed by atoms with Crippen LogP contribution in [0.3, 0.4) is 0 Å². The van der Waals surface area contributed by atoms with Gasteiger partial charge in [0.2, 0.25) is 0 Å². The Kier molecular flexibility index (Phi) is 2.28. The number of nitrogens with one attached hydrogen (secondary N) is 1. The molecule has 1 aromatic rings. The summed E-state index contributed by atoms with van der Waals surface area (Å²) < 4.78 is 19.4. The molecule has 1 N–H and O–H groups in total. The van der Waals surface area contributed by atoms with Crippen molar-refractivity contribution in [1.29, 1.82) is 0 Å². The zero-order valence-electron chi connectivity index (χ0n) is 10.6. The predicted octanol–water partition coefficient (Wildman–Crippen LogP) is 2.44. The molecule has 2 unspecified atom stereocenters. The highest BCUT2D eigenvalue weighted by atomic mass is 19.1. The molecular weight excluding hydrogens is 245 g/mol. The van der Waals surface area contributed by atoms with E-state index in [0.29, 0.717) is 29.8 Å². The van der Waals surface area contributed by atoms with Crippen LogP contribution in [0, 0.1) is 5.82 Å². The number of benzene rings is 1. The van der Waals surface area contributed by atoms with Crippen LogP contribution in [0.1, 0.15) is 42.5 Å². The highest BCUT2D eigenvalue weighted by Crippen LogP contribution is 2.44. The van der Waals surface area contributed by atoms with Gasteiger partial charge in [0, 0.05) is 24.9 Å². The molecule has 0 radical (unpaired) electrons. The Bertz CT molecular complexity index is 545. The maximum atomic E-state index is 13.2. The molecular formula is C15H16FNO2. The SMILES string of the molecule is O=C1CC2(CC3CCC(C2)N3)Oc2ccc(F)cc21. The van der Waals surface area contributed by atoms with Crippen molar-refractivity contribution in [3.63, 3.8) is 0 Å². The lowest BCUT2D eigenvalue weighted by molar-refractivity contribution is 0.00452. The van der Waals surface area contributed by atoms with Crippen molar-refractivity contribution < 1.29 is 13.9 Å². The van der Waals surface area contributed by atoms with Gasteiger partial charge in [-0.3, -0.25) is 4.79 Å². The minimum atomic E-state index is -0.378. The van der Waals surface area contributed by atoms with Gasteiger partial charge in [-0.15, -0.1) is 0 Å². The Morgan fingerprint density at radius 2 is 2.00 bits per heavy atom. The summed E-state index contributed by atoms with van der Waals surface area (Å²) in [4.78, 5) is 12.3. The van der Waals surface area contributed by atoms with E-state index in [1.54, 1.807) is 6.07 Å². The van der Waals surface area contributed by atoms with Gasteiger partial charge >= 0.3 is 0 Å².